The number of H-pyrrole nitrogens is 2. The van der Waals surface area contributed by atoms with Crippen molar-refractivity contribution in [3.63, 3.8) is 0 Å². The smallest absolute Gasteiger partial charge is 0.323 e. The highest BCUT2D eigenvalue weighted by Gasteiger charge is 2.25. The Labute approximate surface area is 186 Å². The predicted octanol–water partition coefficient (Wildman–Crippen LogP) is 1.89. The van der Waals surface area contributed by atoms with Gasteiger partial charge < -0.3 is 24.8 Å². The maximum atomic E-state index is 12.7. The minimum absolute atomic E-state index is 0.0569. The summed E-state index contributed by atoms with van der Waals surface area (Å²) in [6.07, 6.45) is 0. The number of carbonyl (C=O) groups excluding carboxylic acids is 1. The minimum atomic E-state index is -0.260. The normalized spacial score (nSPS) is 16.1. The number of ether oxygens (including phenoxy) is 2. The summed E-state index contributed by atoms with van der Waals surface area (Å²) < 4.78 is 11.0. The summed E-state index contributed by atoms with van der Waals surface area (Å²) in [5.41, 5.74) is 1.79. The van der Waals surface area contributed by atoms with E-state index in [4.69, 9.17) is 9.47 Å². The van der Waals surface area contributed by atoms with E-state index in [1.165, 1.54) is 0 Å². The molecule has 2 aromatic carbocycles. The topological polar surface area (TPSA) is 103 Å². The number of piperazine rings is 1. The molecule has 0 spiro atoms. The molecule has 4 rings (SSSR count). The number of fused-ring (bicyclic) bond motifs is 1. The van der Waals surface area contributed by atoms with Gasteiger partial charge in [-0.1, -0.05) is 0 Å². The van der Waals surface area contributed by atoms with Gasteiger partial charge in [0.1, 0.15) is 18.1 Å². The molecule has 9 heteroatoms. The van der Waals surface area contributed by atoms with E-state index in [1.807, 2.05) is 31.2 Å². The van der Waals surface area contributed by atoms with Gasteiger partial charge in [-0.05, 0) is 49.4 Å². The molecule has 0 aliphatic carbocycles. The van der Waals surface area contributed by atoms with E-state index in [-0.39, 0.29) is 17.6 Å². The largest absolute Gasteiger partial charge is 0.497 e. The lowest BCUT2D eigenvalue weighted by molar-refractivity contribution is -0.121. The summed E-state index contributed by atoms with van der Waals surface area (Å²) in [5, 5.41) is 2.95. The molecule has 0 radical (unpaired) electrons. The highest BCUT2D eigenvalue weighted by molar-refractivity contribution is 5.96. The quantitative estimate of drug-likeness (QED) is 0.495. The number of aromatic amines is 2. The molecule has 0 bridgehead atoms. The molecule has 1 aliphatic heterocycles. The molecule has 2 heterocycles. The van der Waals surface area contributed by atoms with Crippen molar-refractivity contribution in [2.75, 3.05) is 51.8 Å². The molecule has 1 fully saturated rings. The third kappa shape index (κ3) is 5.30. The minimum Gasteiger partial charge on any atom is -0.497 e. The van der Waals surface area contributed by atoms with E-state index in [2.05, 4.69) is 25.1 Å². The molecule has 1 amide bonds. The van der Waals surface area contributed by atoms with Crippen LogP contribution in [0.4, 0.5) is 5.69 Å². The third-order valence-corrected chi connectivity index (χ3v) is 5.85. The van der Waals surface area contributed by atoms with Gasteiger partial charge in [-0.25, -0.2) is 4.79 Å². The number of anilines is 1. The Kier molecular flexibility index (Phi) is 6.77. The van der Waals surface area contributed by atoms with Crippen LogP contribution < -0.4 is 20.5 Å². The van der Waals surface area contributed by atoms with Crippen molar-refractivity contribution in [1.29, 1.82) is 0 Å². The van der Waals surface area contributed by atoms with Gasteiger partial charge in [0.15, 0.2) is 0 Å². The number of aromatic nitrogens is 2. The van der Waals surface area contributed by atoms with Gasteiger partial charge >= 0.3 is 5.69 Å². The number of hydrogen-bond acceptors (Lipinski definition) is 6. The monoisotopic (exact) mass is 439 g/mol. The first kappa shape index (κ1) is 21.9. The van der Waals surface area contributed by atoms with Crippen LogP contribution in [0.25, 0.3) is 11.0 Å². The number of benzene rings is 2. The number of carbonyl (C=O) groups is 1. The van der Waals surface area contributed by atoms with Crippen molar-refractivity contribution in [2.45, 2.75) is 13.0 Å². The number of nitrogens with one attached hydrogen (secondary N) is 3. The third-order valence-electron chi connectivity index (χ3n) is 5.85. The van der Waals surface area contributed by atoms with Crippen LogP contribution in [0.3, 0.4) is 0 Å². The fraction of sp³-hybridized carbons (Fsp3) is 0.391. The lowest BCUT2D eigenvalue weighted by Crippen LogP contribution is -2.53. The van der Waals surface area contributed by atoms with Crippen molar-refractivity contribution >= 4 is 22.6 Å². The van der Waals surface area contributed by atoms with Crippen molar-refractivity contribution in [1.82, 2.24) is 19.8 Å². The molecule has 1 atom stereocenters. The zero-order chi connectivity index (χ0) is 22.5. The summed E-state index contributed by atoms with van der Waals surface area (Å²) >= 11 is 0. The van der Waals surface area contributed by atoms with Crippen LogP contribution >= 0.6 is 0 Å². The Morgan fingerprint density at radius 3 is 2.44 bits per heavy atom. The van der Waals surface area contributed by atoms with E-state index in [9.17, 15) is 9.59 Å². The highest BCUT2D eigenvalue weighted by Crippen LogP contribution is 2.18. The van der Waals surface area contributed by atoms with Gasteiger partial charge in [-0.15, -0.1) is 0 Å². The molecule has 170 valence electrons. The van der Waals surface area contributed by atoms with Gasteiger partial charge in [-0.3, -0.25) is 14.6 Å². The van der Waals surface area contributed by atoms with Gasteiger partial charge in [0.05, 0.1) is 24.2 Å². The molecule has 1 aliphatic rings. The fourth-order valence-corrected chi connectivity index (χ4v) is 3.86. The molecular formula is C23H29N5O4. The fourth-order valence-electron chi connectivity index (χ4n) is 3.86. The zero-order valence-corrected chi connectivity index (χ0v) is 18.4. The Morgan fingerprint density at radius 2 is 1.72 bits per heavy atom. The average Bonchev–Trinajstić information content (AvgIpc) is 3.18. The van der Waals surface area contributed by atoms with E-state index in [0.717, 1.165) is 44.2 Å². The number of hydrogen-bond donors (Lipinski definition) is 3. The Morgan fingerprint density at radius 1 is 1.03 bits per heavy atom. The van der Waals surface area contributed by atoms with Crippen molar-refractivity contribution in [3.05, 3.63) is 52.9 Å². The molecule has 32 heavy (non-hydrogen) atoms. The summed E-state index contributed by atoms with van der Waals surface area (Å²) in [4.78, 5) is 34.1. The van der Waals surface area contributed by atoms with Gasteiger partial charge in [-0.2, -0.15) is 0 Å². The number of nitrogens with zero attached hydrogens (tertiary/aromatic N) is 2. The molecule has 3 aromatic rings. The molecule has 9 nitrogen and oxygen atoms in total. The maximum absolute atomic E-state index is 12.7. The van der Waals surface area contributed by atoms with Crippen molar-refractivity contribution in [2.24, 2.45) is 0 Å². The Hall–Kier alpha value is -3.30. The van der Waals surface area contributed by atoms with Crippen LogP contribution in [-0.2, 0) is 4.79 Å². The summed E-state index contributed by atoms with van der Waals surface area (Å²) in [7, 11) is 1.64. The second-order valence-electron chi connectivity index (χ2n) is 7.91. The predicted molar refractivity (Wildman–Crippen MR) is 124 cm³/mol. The second-order valence-corrected chi connectivity index (χ2v) is 7.91. The van der Waals surface area contributed by atoms with E-state index in [1.54, 1.807) is 25.3 Å². The average molecular weight is 440 g/mol. The molecule has 1 saturated heterocycles. The molecular weight excluding hydrogens is 410 g/mol. The van der Waals surface area contributed by atoms with Crippen LogP contribution in [0.1, 0.15) is 6.92 Å². The number of rotatable bonds is 8. The van der Waals surface area contributed by atoms with E-state index in [0.29, 0.717) is 23.3 Å². The van der Waals surface area contributed by atoms with Crippen LogP contribution in [0, 0.1) is 0 Å². The second kappa shape index (κ2) is 9.88. The summed E-state index contributed by atoms with van der Waals surface area (Å²) in [5.74, 6) is 1.58. The molecule has 1 aromatic heterocycles. The molecule has 0 unspecified atom stereocenters. The first-order chi connectivity index (χ1) is 15.5. The van der Waals surface area contributed by atoms with Crippen LogP contribution in [0.5, 0.6) is 11.5 Å². The Bertz CT molecular complexity index is 1100. The van der Waals surface area contributed by atoms with Crippen LogP contribution in [-0.4, -0.2) is 78.2 Å². The number of imidazole rings is 1. The molecule has 0 saturated carbocycles. The first-order valence-electron chi connectivity index (χ1n) is 10.8. The van der Waals surface area contributed by atoms with Gasteiger partial charge in [0.25, 0.3) is 0 Å². The van der Waals surface area contributed by atoms with Crippen molar-refractivity contribution in [3.8, 4) is 11.5 Å². The lowest BCUT2D eigenvalue weighted by Gasteiger charge is -2.37. The first-order valence-corrected chi connectivity index (χ1v) is 10.8. The van der Waals surface area contributed by atoms with E-state index >= 15 is 0 Å². The van der Waals surface area contributed by atoms with Gasteiger partial charge in [0, 0.05) is 38.4 Å². The zero-order valence-electron chi connectivity index (χ0n) is 18.4. The van der Waals surface area contributed by atoms with Crippen LogP contribution in [0.2, 0.25) is 0 Å². The van der Waals surface area contributed by atoms with E-state index < -0.39 is 0 Å². The van der Waals surface area contributed by atoms with Crippen LogP contribution in [0.15, 0.2) is 47.3 Å². The number of amides is 1. The van der Waals surface area contributed by atoms with Gasteiger partial charge in [0.2, 0.25) is 5.91 Å². The molecule has 3 N–H and O–H groups in total. The maximum Gasteiger partial charge on any atom is 0.323 e. The standard InChI is InChI=1S/C23H29N5O4/c1-16(22(29)24-17-3-8-20-21(15-17)26-23(30)25-20)28-11-9-27(10-12-28)13-14-32-19-6-4-18(31-2)5-7-19/h3-8,15-16H,9-14H2,1-2H3,(H,24,29)(H2,25,26,30)/t16-/m1/s1. The summed E-state index contributed by atoms with van der Waals surface area (Å²) in [6, 6.07) is 12.7. The Balaban J connectivity index is 1.21. The summed E-state index contributed by atoms with van der Waals surface area (Å²) in [6.45, 7) is 6.80. The lowest BCUT2D eigenvalue weighted by atomic mass is 10.2. The van der Waals surface area contributed by atoms with Crippen molar-refractivity contribution < 1.29 is 14.3 Å². The highest BCUT2D eigenvalue weighted by atomic mass is 16.5. The SMILES string of the molecule is COc1ccc(OCCN2CCN([C@H](C)C(=O)Nc3ccc4[nH]c(=O)[nH]c4c3)CC2)cc1. The number of methoxy groups -OCH3 is 1.